The molecule has 1 saturated carbocycles. The van der Waals surface area contributed by atoms with Crippen LogP contribution in [0, 0.1) is 11.6 Å². The molecule has 1 amide bonds. The lowest BCUT2D eigenvalue weighted by Crippen LogP contribution is -2.61. The Balaban J connectivity index is 1.41. The van der Waals surface area contributed by atoms with Gasteiger partial charge in [0.2, 0.25) is 0 Å². The molecule has 2 aliphatic carbocycles. The number of amides is 1. The average Bonchev–Trinajstić information content (AvgIpc) is 3.30. The zero-order chi connectivity index (χ0) is 26.5. The summed E-state index contributed by atoms with van der Waals surface area (Å²) in [6.07, 6.45) is 5.76. The second-order valence-corrected chi connectivity index (χ2v) is 11.4. The van der Waals surface area contributed by atoms with Gasteiger partial charge in [0.25, 0.3) is 5.91 Å². The van der Waals surface area contributed by atoms with Crippen LogP contribution in [0.1, 0.15) is 59.2 Å². The first kappa shape index (κ1) is 25.0. The third kappa shape index (κ3) is 3.90. The lowest BCUT2D eigenvalue weighted by Gasteiger charge is -2.56. The molecule has 6 rings (SSSR count). The van der Waals surface area contributed by atoms with Gasteiger partial charge in [-0.2, -0.15) is 0 Å². The molecule has 0 unspecified atom stereocenters. The standard InChI is InChI=1S/C33H34F2N2O/c1-36(2)32(22-23-9-4-3-5-10-23)16-18-33(19-17-32)27-21-24-11-6-7-12-25(24)26(27)15-20-37(33)31(38)30-28(34)13-8-14-29(30)35/h3-14H,15-22H2,1-2H3. The zero-order valence-corrected chi connectivity index (χ0v) is 22.1. The molecule has 196 valence electrons. The number of benzene rings is 3. The van der Waals surface area contributed by atoms with E-state index in [1.807, 2.05) is 11.0 Å². The molecule has 0 N–H and O–H groups in total. The fourth-order valence-corrected chi connectivity index (χ4v) is 7.35. The van der Waals surface area contributed by atoms with Crippen molar-refractivity contribution >= 4 is 11.5 Å². The highest BCUT2D eigenvalue weighted by Gasteiger charge is 2.53. The van der Waals surface area contributed by atoms with Gasteiger partial charge in [0.15, 0.2) is 0 Å². The summed E-state index contributed by atoms with van der Waals surface area (Å²) in [4.78, 5) is 18.2. The summed E-state index contributed by atoms with van der Waals surface area (Å²) in [5.41, 5.74) is 5.46. The van der Waals surface area contributed by atoms with E-state index in [4.69, 9.17) is 0 Å². The highest BCUT2D eigenvalue weighted by atomic mass is 19.1. The first-order chi connectivity index (χ1) is 18.3. The molecule has 5 heteroatoms. The molecule has 0 aromatic heterocycles. The third-order valence-electron chi connectivity index (χ3n) is 9.49. The Morgan fingerprint density at radius 3 is 2.21 bits per heavy atom. The van der Waals surface area contributed by atoms with E-state index in [2.05, 4.69) is 67.5 Å². The monoisotopic (exact) mass is 512 g/mol. The highest BCUT2D eigenvalue weighted by Crippen LogP contribution is 2.54. The fraction of sp³-hybridized carbons (Fsp3) is 0.364. The molecule has 3 aromatic rings. The highest BCUT2D eigenvalue weighted by molar-refractivity contribution is 5.97. The van der Waals surface area contributed by atoms with Gasteiger partial charge in [0, 0.05) is 12.1 Å². The number of likely N-dealkylation sites (N-methyl/N-ethyl adjacent to an activating group) is 1. The normalized spacial score (nSPS) is 24.6. The number of carbonyl (C=O) groups is 1. The number of fused-ring (bicyclic) bond motifs is 3. The van der Waals surface area contributed by atoms with Crippen LogP contribution in [0.3, 0.4) is 0 Å². The van der Waals surface area contributed by atoms with Crippen LogP contribution in [0.5, 0.6) is 0 Å². The number of rotatable bonds is 4. The molecular weight excluding hydrogens is 478 g/mol. The van der Waals surface area contributed by atoms with Gasteiger partial charge in [-0.25, -0.2) is 8.78 Å². The van der Waals surface area contributed by atoms with Crippen molar-refractivity contribution < 1.29 is 13.6 Å². The third-order valence-corrected chi connectivity index (χ3v) is 9.49. The lowest BCUT2D eigenvalue weighted by atomic mass is 9.64. The molecule has 0 atom stereocenters. The van der Waals surface area contributed by atoms with E-state index >= 15 is 0 Å². The van der Waals surface area contributed by atoms with E-state index in [0.717, 1.165) is 38.5 Å². The van der Waals surface area contributed by atoms with Gasteiger partial charge in [0.05, 0.1) is 5.54 Å². The molecule has 1 spiro atoms. The molecular formula is C33H34F2N2O. The number of halogens is 2. The zero-order valence-electron chi connectivity index (χ0n) is 22.1. The van der Waals surface area contributed by atoms with Crippen molar-refractivity contribution in [2.75, 3.05) is 20.6 Å². The molecule has 1 heterocycles. The van der Waals surface area contributed by atoms with Crippen molar-refractivity contribution in [3.8, 4) is 0 Å². The Hall–Kier alpha value is -3.31. The van der Waals surface area contributed by atoms with Crippen LogP contribution in [-0.4, -0.2) is 47.4 Å². The van der Waals surface area contributed by atoms with Crippen LogP contribution in [0.2, 0.25) is 0 Å². The summed E-state index contributed by atoms with van der Waals surface area (Å²) in [5, 5.41) is 0. The number of hydrogen-bond acceptors (Lipinski definition) is 2. The number of carbonyl (C=O) groups excluding carboxylic acids is 1. The van der Waals surface area contributed by atoms with Gasteiger partial charge >= 0.3 is 0 Å². The predicted molar refractivity (Wildman–Crippen MR) is 147 cm³/mol. The minimum atomic E-state index is -0.790. The molecule has 1 fully saturated rings. The minimum absolute atomic E-state index is 0.0474. The maximum atomic E-state index is 14.9. The topological polar surface area (TPSA) is 23.6 Å². The first-order valence-corrected chi connectivity index (χ1v) is 13.6. The number of hydrogen-bond donors (Lipinski definition) is 0. The maximum absolute atomic E-state index is 14.9. The van der Waals surface area contributed by atoms with Gasteiger partial charge in [-0.3, -0.25) is 4.79 Å². The largest absolute Gasteiger partial charge is 0.329 e. The summed E-state index contributed by atoms with van der Waals surface area (Å²) in [6.45, 7) is 0.466. The summed E-state index contributed by atoms with van der Waals surface area (Å²) >= 11 is 0. The molecule has 0 saturated heterocycles. The smallest absolute Gasteiger partial charge is 0.260 e. The molecule has 1 aliphatic heterocycles. The van der Waals surface area contributed by atoms with E-state index in [1.54, 1.807) is 0 Å². The molecule has 0 radical (unpaired) electrons. The van der Waals surface area contributed by atoms with E-state index < -0.39 is 28.6 Å². The summed E-state index contributed by atoms with van der Waals surface area (Å²) in [5.74, 6) is -2.10. The van der Waals surface area contributed by atoms with Gasteiger partial charge < -0.3 is 9.80 Å². The Morgan fingerprint density at radius 1 is 0.868 bits per heavy atom. The van der Waals surface area contributed by atoms with Crippen molar-refractivity contribution in [1.82, 2.24) is 9.80 Å². The predicted octanol–water partition coefficient (Wildman–Crippen LogP) is 6.68. The number of nitrogens with zero attached hydrogens (tertiary/aromatic N) is 2. The Morgan fingerprint density at radius 2 is 1.53 bits per heavy atom. The van der Waals surface area contributed by atoms with Crippen molar-refractivity contribution in [1.29, 1.82) is 0 Å². The summed E-state index contributed by atoms with van der Waals surface area (Å²) in [6, 6.07) is 22.8. The molecule has 0 bridgehead atoms. The van der Waals surface area contributed by atoms with E-state index in [-0.39, 0.29) is 5.54 Å². The van der Waals surface area contributed by atoms with Crippen LogP contribution in [0.25, 0.3) is 5.57 Å². The fourth-order valence-electron chi connectivity index (χ4n) is 7.35. The van der Waals surface area contributed by atoms with Gasteiger partial charge in [0.1, 0.15) is 17.2 Å². The van der Waals surface area contributed by atoms with Crippen molar-refractivity contribution in [3.63, 3.8) is 0 Å². The van der Waals surface area contributed by atoms with Gasteiger partial charge in [-0.05, 0) is 99.0 Å². The molecule has 3 nitrogen and oxygen atoms in total. The van der Waals surface area contributed by atoms with Gasteiger partial charge in [-0.1, -0.05) is 60.7 Å². The van der Waals surface area contributed by atoms with Gasteiger partial charge in [-0.15, -0.1) is 0 Å². The van der Waals surface area contributed by atoms with E-state index in [9.17, 15) is 13.6 Å². The van der Waals surface area contributed by atoms with Crippen LogP contribution in [-0.2, 0) is 12.8 Å². The second kappa shape index (κ2) is 9.46. The SMILES string of the molecule is CN(C)C1(Cc2ccccc2)CCC2(CC1)C1=C(CCN2C(=O)c2c(F)cccc2F)c2ccccc2C1. The molecule has 3 aliphatic rings. The summed E-state index contributed by atoms with van der Waals surface area (Å²) < 4.78 is 29.7. The minimum Gasteiger partial charge on any atom is -0.329 e. The average molecular weight is 513 g/mol. The van der Waals surface area contributed by atoms with Crippen LogP contribution >= 0.6 is 0 Å². The molecule has 38 heavy (non-hydrogen) atoms. The lowest BCUT2D eigenvalue weighted by molar-refractivity contribution is 0.00845. The molecule has 3 aromatic carbocycles. The van der Waals surface area contributed by atoms with E-state index in [1.165, 1.54) is 46.0 Å². The van der Waals surface area contributed by atoms with Crippen molar-refractivity contribution in [2.24, 2.45) is 0 Å². The van der Waals surface area contributed by atoms with Crippen LogP contribution in [0.15, 0.2) is 78.4 Å². The van der Waals surface area contributed by atoms with Crippen molar-refractivity contribution in [3.05, 3.63) is 112 Å². The Kier molecular flexibility index (Phi) is 6.22. The van der Waals surface area contributed by atoms with E-state index in [0.29, 0.717) is 13.0 Å². The quantitative estimate of drug-likeness (QED) is 0.390. The Bertz CT molecular complexity index is 1380. The second-order valence-electron chi connectivity index (χ2n) is 11.4. The van der Waals surface area contributed by atoms with Crippen LogP contribution in [0.4, 0.5) is 8.78 Å². The first-order valence-electron chi connectivity index (χ1n) is 13.6. The van der Waals surface area contributed by atoms with Crippen LogP contribution < -0.4 is 0 Å². The summed E-state index contributed by atoms with van der Waals surface area (Å²) in [7, 11) is 4.30. The Labute approximate surface area is 223 Å². The van der Waals surface area contributed by atoms with Crippen molar-refractivity contribution in [2.45, 2.75) is 56.0 Å². The maximum Gasteiger partial charge on any atom is 0.260 e.